The number of ether oxygens (including phenoxy) is 1. The van der Waals surface area contributed by atoms with Crippen LogP contribution in [0.3, 0.4) is 0 Å². The molecular formula is C22H24N2O4. The number of carbonyl (C=O) groups excluding carboxylic acids is 1. The Balaban J connectivity index is 1.99. The fourth-order valence-corrected chi connectivity index (χ4v) is 3.17. The Kier molecular flexibility index (Phi) is 5.99. The fourth-order valence-electron chi connectivity index (χ4n) is 3.17. The molecule has 0 saturated heterocycles. The van der Waals surface area contributed by atoms with Gasteiger partial charge in [0.15, 0.2) is 0 Å². The lowest BCUT2D eigenvalue weighted by Gasteiger charge is -2.25. The molecule has 28 heavy (non-hydrogen) atoms. The van der Waals surface area contributed by atoms with Crippen molar-refractivity contribution in [3.05, 3.63) is 70.1 Å². The van der Waals surface area contributed by atoms with Gasteiger partial charge in [0.05, 0.1) is 7.11 Å². The number of fused-ring (bicyclic) bond motifs is 1. The molecule has 0 unspecified atom stereocenters. The molecule has 1 aromatic heterocycles. The molecule has 2 N–H and O–H groups in total. The second kappa shape index (κ2) is 8.61. The van der Waals surface area contributed by atoms with Gasteiger partial charge in [0.25, 0.3) is 0 Å². The Morgan fingerprint density at radius 2 is 1.89 bits per heavy atom. The molecule has 3 aromatic rings. The van der Waals surface area contributed by atoms with Crippen LogP contribution in [-0.2, 0) is 17.8 Å². The number of nitrogens with two attached hydrogens (primary N) is 1. The van der Waals surface area contributed by atoms with Crippen LogP contribution in [0, 0.1) is 0 Å². The Labute approximate surface area is 163 Å². The van der Waals surface area contributed by atoms with Crippen LogP contribution >= 0.6 is 0 Å². The largest absolute Gasteiger partial charge is 0.497 e. The zero-order chi connectivity index (χ0) is 20.1. The zero-order valence-corrected chi connectivity index (χ0v) is 16.1. The zero-order valence-electron chi connectivity index (χ0n) is 16.1. The summed E-state index contributed by atoms with van der Waals surface area (Å²) in [4.78, 5) is 25.5. The number of rotatable bonds is 8. The highest BCUT2D eigenvalue weighted by Gasteiger charge is 2.13. The molecule has 146 valence electrons. The third-order valence-electron chi connectivity index (χ3n) is 4.73. The van der Waals surface area contributed by atoms with Gasteiger partial charge in [0.2, 0.25) is 5.91 Å². The normalized spacial score (nSPS) is 10.8. The lowest BCUT2D eigenvalue weighted by Crippen LogP contribution is -2.28. The average molecular weight is 380 g/mol. The van der Waals surface area contributed by atoms with Crippen LogP contribution < -0.4 is 21.0 Å². The molecule has 0 aliphatic heterocycles. The summed E-state index contributed by atoms with van der Waals surface area (Å²) in [5, 5.41) is 0.884. The monoisotopic (exact) mass is 380 g/mol. The summed E-state index contributed by atoms with van der Waals surface area (Å²) in [6, 6.07) is 15.0. The molecule has 2 aromatic carbocycles. The van der Waals surface area contributed by atoms with Gasteiger partial charge >= 0.3 is 5.63 Å². The fraction of sp³-hybridized carbons (Fsp3) is 0.273. The molecule has 6 nitrogen and oxygen atoms in total. The van der Waals surface area contributed by atoms with E-state index in [2.05, 4.69) is 6.92 Å². The molecule has 0 saturated carbocycles. The summed E-state index contributed by atoms with van der Waals surface area (Å²) in [7, 11) is 1.61. The van der Waals surface area contributed by atoms with Crippen molar-refractivity contribution >= 4 is 22.6 Å². The standard InChI is InChI=1S/C22H24N2O4/c1-3-15-4-9-19-16(13-22(26)28-20(19)12-15)14-24(11-10-21(23)25)17-5-7-18(27-2)8-6-17/h4-9,12-13H,3,10-11,14H2,1-2H3,(H2,23,25). The van der Waals surface area contributed by atoms with Crippen LogP contribution in [0.1, 0.15) is 24.5 Å². The molecule has 0 spiro atoms. The number of nitrogens with zero attached hydrogens (tertiary/aromatic N) is 1. The van der Waals surface area contributed by atoms with Gasteiger partial charge < -0.3 is 19.8 Å². The predicted octanol–water partition coefficient (Wildman–Crippen LogP) is 3.25. The van der Waals surface area contributed by atoms with E-state index in [1.165, 1.54) is 6.07 Å². The molecule has 0 fully saturated rings. The number of carbonyl (C=O) groups is 1. The molecule has 0 aliphatic rings. The van der Waals surface area contributed by atoms with E-state index in [4.69, 9.17) is 14.9 Å². The quantitative estimate of drug-likeness (QED) is 0.606. The van der Waals surface area contributed by atoms with Gasteiger partial charge in [0, 0.05) is 36.7 Å². The van der Waals surface area contributed by atoms with Gasteiger partial charge in [-0.2, -0.15) is 0 Å². The third kappa shape index (κ3) is 4.52. The van der Waals surface area contributed by atoms with Crippen molar-refractivity contribution in [2.45, 2.75) is 26.3 Å². The highest BCUT2D eigenvalue weighted by Crippen LogP contribution is 2.25. The summed E-state index contributed by atoms with van der Waals surface area (Å²) in [6.45, 7) is 2.95. The third-order valence-corrected chi connectivity index (χ3v) is 4.73. The molecule has 0 radical (unpaired) electrons. The van der Waals surface area contributed by atoms with E-state index in [1.54, 1.807) is 7.11 Å². The number of primary amides is 1. The van der Waals surface area contributed by atoms with Crippen LogP contribution in [0.15, 0.2) is 57.7 Å². The Bertz CT molecular complexity index is 1020. The molecule has 0 atom stereocenters. The maximum atomic E-state index is 12.1. The second-order valence-corrected chi connectivity index (χ2v) is 6.61. The number of anilines is 1. The number of hydrogen-bond donors (Lipinski definition) is 1. The van der Waals surface area contributed by atoms with E-state index in [0.29, 0.717) is 18.7 Å². The second-order valence-electron chi connectivity index (χ2n) is 6.61. The summed E-state index contributed by atoms with van der Waals surface area (Å²) in [6.07, 6.45) is 1.08. The van der Waals surface area contributed by atoms with Crippen molar-refractivity contribution in [2.24, 2.45) is 5.73 Å². The molecule has 6 heteroatoms. The van der Waals surface area contributed by atoms with E-state index in [1.807, 2.05) is 47.4 Å². The predicted molar refractivity (Wildman–Crippen MR) is 110 cm³/mol. The first-order valence-electron chi connectivity index (χ1n) is 9.23. The van der Waals surface area contributed by atoms with Crippen molar-refractivity contribution in [3.8, 4) is 5.75 Å². The maximum absolute atomic E-state index is 12.1. The first kappa shape index (κ1) is 19.5. The molecule has 0 aliphatic carbocycles. The van der Waals surface area contributed by atoms with Crippen LogP contribution in [0.25, 0.3) is 11.0 Å². The van der Waals surface area contributed by atoms with Crippen molar-refractivity contribution in [2.75, 3.05) is 18.6 Å². The number of amides is 1. The van der Waals surface area contributed by atoms with Crippen molar-refractivity contribution in [1.29, 1.82) is 0 Å². The first-order chi connectivity index (χ1) is 13.5. The Morgan fingerprint density at radius 1 is 1.14 bits per heavy atom. The summed E-state index contributed by atoms with van der Waals surface area (Å²) in [5.74, 6) is 0.375. The molecule has 3 rings (SSSR count). The van der Waals surface area contributed by atoms with E-state index in [0.717, 1.165) is 34.4 Å². The highest BCUT2D eigenvalue weighted by molar-refractivity contribution is 5.81. The molecular weight excluding hydrogens is 356 g/mol. The minimum Gasteiger partial charge on any atom is -0.497 e. The van der Waals surface area contributed by atoms with Gasteiger partial charge in [-0.25, -0.2) is 4.79 Å². The van der Waals surface area contributed by atoms with E-state index >= 15 is 0 Å². The summed E-state index contributed by atoms with van der Waals surface area (Å²) < 4.78 is 10.6. The van der Waals surface area contributed by atoms with Gasteiger partial charge in [-0.1, -0.05) is 19.1 Å². The lowest BCUT2D eigenvalue weighted by molar-refractivity contribution is -0.117. The van der Waals surface area contributed by atoms with Crippen molar-refractivity contribution in [3.63, 3.8) is 0 Å². The topological polar surface area (TPSA) is 85.8 Å². The number of hydrogen-bond acceptors (Lipinski definition) is 5. The Morgan fingerprint density at radius 3 is 2.54 bits per heavy atom. The first-order valence-corrected chi connectivity index (χ1v) is 9.23. The molecule has 0 bridgehead atoms. The average Bonchev–Trinajstić information content (AvgIpc) is 2.70. The number of methoxy groups -OCH3 is 1. The van der Waals surface area contributed by atoms with Gasteiger partial charge in [0.1, 0.15) is 11.3 Å². The number of benzene rings is 2. The minimum absolute atomic E-state index is 0.214. The van der Waals surface area contributed by atoms with Crippen LogP contribution in [0.2, 0.25) is 0 Å². The van der Waals surface area contributed by atoms with E-state index < -0.39 is 0 Å². The molecule has 1 amide bonds. The SMILES string of the molecule is CCc1ccc2c(CN(CCC(N)=O)c3ccc(OC)cc3)cc(=O)oc2c1. The van der Waals surface area contributed by atoms with Crippen LogP contribution in [-0.4, -0.2) is 19.6 Å². The van der Waals surface area contributed by atoms with Crippen LogP contribution in [0.5, 0.6) is 5.75 Å². The van der Waals surface area contributed by atoms with Gasteiger partial charge in [-0.3, -0.25) is 4.79 Å². The van der Waals surface area contributed by atoms with E-state index in [-0.39, 0.29) is 18.0 Å². The minimum atomic E-state index is -0.389. The summed E-state index contributed by atoms with van der Waals surface area (Å²) in [5.41, 5.74) is 8.40. The van der Waals surface area contributed by atoms with Crippen molar-refractivity contribution < 1.29 is 13.9 Å². The smallest absolute Gasteiger partial charge is 0.336 e. The Hall–Kier alpha value is -3.28. The summed E-state index contributed by atoms with van der Waals surface area (Å²) >= 11 is 0. The number of aryl methyl sites for hydroxylation is 1. The van der Waals surface area contributed by atoms with Crippen molar-refractivity contribution in [1.82, 2.24) is 0 Å². The van der Waals surface area contributed by atoms with Gasteiger partial charge in [-0.05, 0) is 47.9 Å². The van der Waals surface area contributed by atoms with Crippen LogP contribution in [0.4, 0.5) is 5.69 Å². The lowest BCUT2D eigenvalue weighted by atomic mass is 10.1. The maximum Gasteiger partial charge on any atom is 0.336 e. The van der Waals surface area contributed by atoms with Gasteiger partial charge in [-0.15, -0.1) is 0 Å². The molecule has 1 heterocycles. The highest BCUT2D eigenvalue weighted by atomic mass is 16.5. The van der Waals surface area contributed by atoms with E-state index in [9.17, 15) is 9.59 Å².